The molecule has 1 aliphatic rings. The van der Waals surface area contributed by atoms with Crippen LogP contribution >= 0.6 is 11.3 Å². The van der Waals surface area contributed by atoms with Crippen molar-refractivity contribution >= 4 is 22.3 Å². The lowest BCUT2D eigenvalue weighted by Crippen LogP contribution is -2.22. The van der Waals surface area contributed by atoms with E-state index in [-0.39, 0.29) is 5.78 Å². The summed E-state index contributed by atoms with van der Waals surface area (Å²) in [5.74, 6) is 0.198. The van der Waals surface area contributed by atoms with Crippen molar-refractivity contribution in [3.63, 3.8) is 0 Å². The van der Waals surface area contributed by atoms with E-state index in [4.69, 9.17) is 0 Å². The first-order valence-electron chi connectivity index (χ1n) is 7.37. The van der Waals surface area contributed by atoms with E-state index in [9.17, 15) is 4.79 Å². The molecule has 0 aliphatic heterocycles. The number of nitrogens with zero attached hydrogens (tertiary/aromatic N) is 3. The lowest BCUT2D eigenvalue weighted by molar-refractivity contribution is 0.0968. The van der Waals surface area contributed by atoms with Crippen LogP contribution < -0.4 is 4.90 Å². The Labute approximate surface area is 128 Å². The Bertz CT molecular complexity index is 665. The predicted octanol–water partition coefficient (Wildman–Crippen LogP) is 3.39. The first-order chi connectivity index (χ1) is 10.2. The molecule has 0 saturated carbocycles. The third-order valence-corrected chi connectivity index (χ3v) is 4.88. The average Bonchev–Trinajstić information content (AvgIpc) is 2.90. The van der Waals surface area contributed by atoms with Crippen LogP contribution in [0.4, 0.5) is 5.13 Å². The van der Waals surface area contributed by atoms with E-state index in [1.54, 1.807) is 11.3 Å². The summed E-state index contributed by atoms with van der Waals surface area (Å²) in [5.41, 5.74) is 2.77. The highest BCUT2D eigenvalue weighted by Gasteiger charge is 2.24. The maximum Gasteiger partial charge on any atom is 0.186 e. The number of hydrogen-bond donors (Lipinski definition) is 0. The molecule has 21 heavy (non-hydrogen) atoms. The molecule has 4 nitrogen and oxygen atoms in total. The number of aromatic nitrogens is 2. The number of aryl methyl sites for hydroxylation is 2. The van der Waals surface area contributed by atoms with E-state index >= 15 is 0 Å². The van der Waals surface area contributed by atoms with Gasteiger partial charge in [-0.1, -0.05) is 6.07 Å². The molecule has 0 aromatic carbocycles. The Morgan fingerprint density at radius 1 is 1.29 bits per heavy atom. The number of thiazole rings is 1. The minimum atomic E-state index is 0.198. The summed E-state index contributed by atoms with van der Waals surface area (Å²) >= 11 is 1.66. The number of fused-ring (bicyclic) bond motifs is 1. The Balaban J connectivity index is 1.85. The van der Waals surface area contributed by atoms with Gasteiger partial charge in [0.25, 0.3) is 0 Å². The van der Waals surface area contributed by atoms with Gasteiger partial charge in [0.1, 0.15) is 5.69 Å². The van der Waals surface area contributed by atoms with Gasteiger partial charge in [-0.2, -0.15) is 0 Å². The van der Waals surface area contributed by atoms with Gasteiger partial charge in [-0.15, -0.1) is 11.3 Å². The minimum absolute atomic E-state index is 0.198. The van der Waals surface area contributed by atoms with Gasteiger partial charge in [0.05, 0.1) is 12.2 Å². The van der Waals surface area contributed by atoms with Crippen molar-refractivity contribution in [2.75, 3.05) is 11.4 Å². The molecule has 1 aliphatic carbocycles. The van der Waals surface area contributed by atoms with E-state index in [2.05, 4.69) is 21.8 Å². The summed E-state index contributed by atoms with van der Waals surface area (Å²) in [6, 6.07) is 6.07. The lowest BCUT2D eigenvalue weighted by atomic mass is 10.0. The third-order valence-electron chi connectivity index (χ3n) is 3.71. The van der Waals surface area contributed by atoms with E-state index < -0.39 is 0 Å². The molecule has 3 rings (SSSR count). The molecule has 0 amide bonds. The highest BCUT2D eigenvalue weighted by molar-refractivity contribution is 7.16. The fraction of sp³-hybridized carbons (Fsp3) is 0.438. The highest BCUT2D eigenvalue weighted by Crippen LogP contribution is 2.32. The zero-order valence-corrected chi connectivity index (χ0v) is 13.2. The van der Waals surface area contributed by atoms with Gasteiger partial charge >= 0.3 is 0 Å². The summed E-state index contributed by atoms with van der Waals surface area (Å²) in [6.45, 7) is 5.70. The van der Waals surface area contributed by atoms with Crippen LogP contribution in [0, 0.1) is 6.92 Å². The Morgan fingerprint density at radius 3 is 2.86 bits per heavy atom. The van der Waals surface area contributed by atoms with Crippen LogP contribution in [0.5, 0.6) is 0 Å². The first kappa shape index (κ1) is 14.2. The number of pyridine rings is 1. The van der Waals surface area contributed by atoms with Gasteiger partial charge < -0.3 is 4.90 Å². The molecule has 2 heterocycles. The molecule has 0 atom stereocenters. The van der Waals surface area contributed by atoms with Gasteiger partial charge in [0.2, 0.25) is 0 Å². The summed E-state index contributed by atoms with van der Waals surface area (Å²) in [6.07, 6.45) is 2.58. The molecule has 0 bridgehead atoms. The number of anilines is 1. The third kappa shape index (κ3) is 2.97. The molecule has 5 heteroatoms. The van der Waals surface area contributed by atoms with Gasteiger partial charge in [-0.05, 0) is 38.8 Å². The van der Waals surface area contributed by atoms with Gasteiger partial charge in [-0.3, -0.25) is 9.78 Å². The van der Waals surface area contributed by atoms with Crippen LogP contribution in [-0.4, -0.2) is 22.3 Å². The second-order valence-electron chi connectivity index (χ2n) is 5.33. The summed E-state index contributed by atoms with van der Waals surface area (Å²) < 4.78 is 0. The Hall–Kier alpha value is -1.75. The number of ketones is 1. The van der Waals surface area contributed by atoms with Crippen LogP contribution in [0.2, 0.25) is 0 Å². The molecule has 0 unspecified atom stereocenters. The first-order valence-corrected chi connectivity index (χ1v) is 8.19. The molecule has 110 valence electrons. The van der Waals surface area contributed by atoms with Crippen molar-refractivity contribution in [1.82, 2.24) is 9.97 Å². The summed E-state index contributed by atoms with van der Waals surface area (Å²) in [5, 5.41) is 0.945. The second-order valence-corrected chi connectivity index (χ2v) is 6.39. The van der Waals surface area contributed by atoms with Crippen LogP contribution in [0.25, 0.3) is 0 Å². The van der Waals surface area contributed by atoms with E-state index in [1.165, 1.54) is 0 Å². The quantitative estimate of drug-likeness (QED) is 0.868. The lowest BCUT2D eigenvalue weighted by Gasteiger charge is -2.19. The maximum atomic E-state index is 11.9. The zero-order valence-electron chi connectivity index (χ0n) is 12.4. The molecule has 0 spiro atoms. The van der Waals surface area contributed by atoms with Crippen LogP contribution in [-0.2, 0) is 13.0 Å². The smallest absolute Gasteiger partial charge is 0.186 e. The normalized spacial score (nSPS) is 14.1. The molecule has 0 saturated heterocycles. The van der Waals surface area contributed by atoms with Crippen molar-refractivity contribution in [1.29, 1.82) is 0 Å². The largest absolute Gasteiger partial charge is 0.342 e. The minimum Gasteiger partial charge on any atom is -0.342 e. The van der Waals surface area contributed by atoms with E-state index in [0.717, 1.165) is 47.3 Å². The monoisotopic (exact) mass is 301 g/mol. The summed E-state index contributed by atoms with van der Waals surface area (Å²) in [7, 11) is 0. The molecule has 2 aromatic heterocycles. The molecule has 0 N–H and O–H groups in total. The fourth-order valence-corrected chi connectivity index (χ4v) is 3.77. The Morgan fingerprint density at radius 2 is 2.14 bits per heavy atom. The number of Topliss-reactive ketones (excluding diaryl/α,β-unsaturated/α-hetero) is 1. The van der Waals surface area contributed by atoms with Crippen LogP contribution in [0.15, 0.2) is 18.2 Å². The predicted molar refractivity (Wildman–Crippen MR) is 85.1 cm³/mol. The SMILES string of the molecule is CCN(Cc1cccc(C)n1)c1nc2c(s1)CCCC2=O. The van der Waals surface area contributed by atoms with Crippen LogP contribution in [0.1, 0.15) is 46.5 Å². The molecule has 0 fully saturated rings. The van der Waals surface area contributed by atoms with Crippen molar-refractivity contribution in [3.05, 3.63) is 40.2 Å². The van der Waals surface area contributed by atoms with Crippen molar-refractivity contribution in [2.24, 2.45) is 0 Å². The molecule has 2 aromatic rings. The maximum absolute atomic E-state index is 11.9. The van der Waals surface area contributed by atoms with E-state index in [1.807, 2.05) is 25.1 Å². The molecular weight excluding hydrogens is 282 g/mol. The van der Waals surface area contributed by atoms with Crippen molar-refractivity contribution in [3.8, 4) is 0 Å². The standard InChI is InChI=1S/C16H19N3OS/c1-3-19(10-12-7-4-6-11(2)17-12)16-18-15-13(20)8-5-9-14(15)21-16/h4,6-7H,3,5,8-10H2,1-2H3. The fourth-order valence-electron chi connectivity index (χ4n) is 2.59. The van der Waals surface area contributed by atoms with Crippen molar-refractivity contribution < 1.29 is 4.79 Å². The van der Waals surface area contributed by atoms with Crippen LogP contribution in [0.3, 0.4) is 0 Å². The number of hydrogen-bond acceptors (Lipinski definition) is 5. The van der Waals surface area contributed by atoms with Gasteiger partial charge in [0.15, 0.2) is 10.9 Å². The topological polar surface area (TPSA) is 46.1 Å². The highest BCUT2D eigenvalue weighted by atomic mass is 32.1. The second kappa shape index (κ2) is 5.93. The van der Waals surface area contributed by atoms with Gasteiger partial charge in [0, 0.05) is 23.5 Å². The number of carbonyl (C=O) groups excluding carboxylic acids is 1. The Kier molecular flexibility index (Phi) is 4.01. The summed E-state index contributed by atoms with van der Waals surface area (Å²) in [4.78, 5) is 24.4. The number of rotatable bonds is 4. The zero-order chi connectivity index (χ0) is 14.8. The van der Waals surface area contributed by atoms with E-state index in [0.29, 0.717) is 12.1 Å². The average molecular weight is 301 g/mol. The molecular formula is C16H19N3OS. The van der Waals surface area contributed by atoms with Gasteiger partial charge in [-0.25, -0.2) is 4.98 Å². The van der Waals surface area contributed by atoms with Crippen molar-refractivity contribution in [2.45, 2.75) is 39.7 Å². The number of carbonyl (C=O) groups is 1. The molecule has 0 radical (unpaired) electrons.